The van der Waals surface area contributed by atoms with E-state index in [1.807, 2.05) is 13.8 Å². The summed E-state index contributed by atoms with van der Waals surface area (Å²) < 4.78 is 11.0. The number of carboxylic acid groups (broad SMARTS) is 1. The van der Waals surface area contributed by atoms with E-state index in [0.29, 0.717) is 19.3 Å². The predicted octanol–water partition coefficient (Wildman–Crippen LogP) is 4.42. The first kappa shape index (κ1) is 38.2. The molecule has 0 aromatic rings. The summed E-state index contributed by atoms with van der Waals surface area (Å²) >= 11 is 0. The minimum atomic E-state index is -1.14. The molecule has 0 saturated carbocycles. The number of aliphatic hydroxyl groups is 4. The van der Waals surface area contributed by atoms with Gasteiger partial charge in [0.15, 0.2) is 0 Å². The minimum absolute atomic E-state index is 0.00470. The molecule has 0 aliphatic carbocycles. The van der Waals surface area contributed by atoms with Crippen LogP contribution in [0.1, 0.15) is 136 Å². The van der Waals surface area contributed by atoms with Gasteiger partial charge in [0, 0.05) is 12.8 Å². The summed E-state index contributed by atoms with van der Waals surface area (Å²) in [5.41, 5.74) is 0. The van der Waals surface area contributed by atoms with Crippen molar-refractivity contribution in [2.24, 2.45) is 0 Å². The first-order chi connectivity index (χ1) is 19.0. The lowest BCUT2D eigenvalue weighted by molar-refractivity contribution is -0.155. The summed E-state index contributed by atoms with van der Waals surface area (Å²) in [5.74, 6) is -2.42. The van der Waals surface area contributed by atoms with Gasteiger partial charge >= 0.3 is 17.9 Å². The maximum atomic E-state index is 12.6. The molecule has 0 aliphatic rings. The van der Waals surface area contributed by atoms with Gasteiger partial charge in [-0.3, -0.25) is 14.4 Å². The highest BCUT2D eigenvalue weighted by molar-refractivity contribution is 5.71. The molecule has 0 aromatic heterocycles. The third-order valence-corrected chi connectivity index (χ3v) is 6.83. The molecule has 0 aliphatic heterocycles. The largest absolute Gasteiger partial charge is 0.481 e. The van der Waals surface area contributed by atoms with E-state index < -0.39 is 61.0 Å². The van der Waals surface area contributed by atoms with E-state index in [2.05, 4.69) is 6.92 Å². The van der Waals surface area contributed by atoms with Crippen LogP contribution in [0.5, 0.6) is 0 Å². The highest BCUT2D eigenvalue weighted by Gasteiger charge is 2.25. The molecule has 6 atom stereocenters. The maximum Gasteiger partial charge on any atom is 0.308 e. The Bertz CT molecular complexity index is 671. The van der Waals surface area contributed by atoms with Crippen molar-refractivity contribution >= 4 is 17.9 Å². The molecule has 0 aromatic carbocycles. The van der Waals surface area contributed by atoms with Crippen molar-refractivity contribution in [3.05, 3.63) is 0 Å². The Morgan fingerprint density at radius 2 is 0.900 bits per heavy atom. The monoisotopic (exact) mass is 576 g/mol. The van der Waals surface area contributed by atoms with E-state index in [-0.39, 0.29) is 32.1 Å². The van der Waals surface area contributed by atoms with Crippen molar-refractivity contribution in [1.82, 2.24) is 0 Å². The van der Waals surface area contributed by atoms with Gasteiger partial charge in [0.1, 0.15) is 12.2 Å². The molecule has 0 saturated heterocycles. The number of unbranched alkanes of at least 4 members (excludes halogenated alkanes) is 6. The predicted molar refractivity (Wildman–Crippen MR) is 152 cm³/mol. The average molecular weight is 577 g/mol. The van der Waals surface area contributed by atoms with Crippen molar-refractivity contribution in [3.8, 4) is 0 Å². The molecule has 0 fully saturated rings. The van der Waals surface area contributed by atoms with Gasteiger partial charge in [-0.2, -0.15) is 0 Å². The van der Waals surface area contributed by atoms with Gasteiger partial charge in [-0.25, -0.2) is 0 Å². The van der Waals surface area contributed by atoms with Crippen LogP contribution in [0.4, 0.5) is 0 Å². The number of carboxylic acids is 1. The Morgan fingerprint density at radius 1 is 0.525 bits per heavy atom. The zero-order valence-electron chi connectivity index (χ0n) is 25.0. The van der Waals surface area contributed by atoms with Crippen LogP contribution in [0, 0.1) is 0 Å². The molecule has 5 N–H and O–H groups in total. The van der Waals surface area contributed by atoms with E-state index >= 15 is 0 Å². The fourth-order valence-corrected chi connectivity index (χ4v) is 4.67. The van der Waals surface area contributed by atoms with Gasteiger partial charge in [-0.05, 0) is 38.5 Å². The number of hydrogen-bond donors (Lipinski definition) is 5. The van der Waals surface area contributed by atoms with Gasteiger partial charge in [0.2, 0.25) is 0 Å². The Labute approximate surface area is 240 Å². The summed E-state index contributed by atoms with van der Waals surface area (Å²) in [5, 5.41) is 49.8. The number of hydrogen-bond acceptors (Lipinski definition) is 9. The van der Waals surface area contributed by atoms with Crippen LogP contribution in [0.25, 0.3) is 0 Å². The molecule has 0 rings (SSSR count). The lowest BCUT2D eigenvalue weighted by Gasteiger charge is -2.23. The first-order valence-electron chi connectivity index (χ1n) is 15.3. The van der Waals surface area contributed by atoms with E-state index in [1.165, 1.54) is 0 Å². The average Bonchev–Trinajstić information content (AvgIpc) is 2.83. The van der Waals surface area contributed by atoms with Crippen LogP contribution in [0.15, 0.2) is 0 Å². The van der Waals surface area contributed by atoms with Crippen molar-refractivity contribution in [1.29, 1.82) is 0 Å². The second-order valence-electron chi connectivity index (χ2n) is 11.0. The van der Waals surface area contributed by atoms with E-state index in [4.69, 9.17) is 14.6 Å². The van der Waals surface area contributed by atoms with Crippen molar-refractivity contribution in [3.63, 3.8) is 0 Å². The number of carbonyl (C=O) groups is 3. The van der Waals surface area contributed by atoms with Crippen LogP contribution < -0.4 is 0 Å². The van der Waals surface area contributed by atoms with Crippen LogP contribution >= 0.6 is 0 Å². The molecule has 0 amide bonds. The number of ether oxygens (including phenoxy) is 2. The molecular weight excluding hydrogens is 520 g/mol. The van der Waals surface area contributed by atoms with Gasteiger partial charge in [0.05, 0.1) is 43.7 Å². The van der Waals surface area contributed by atoms with Gasteiger partial charge in [-0.1, -0.05) is 65.7 Å². The highest BCUT2D eigenvalue weighted by atomic mass is 16.5. The van der Waals surface area contributed by atoms with Crippen LogP contribution in [-0.2, 0) is 23.9 Å². The minimum Gasteiger partial charge on any atom is -0.481 e. The lowest BCUT2D eigenvalue weighted by Crippen LogP contribution is -2.30. The fraction of sp³-hybridized carbons (Fsp3) is 0.900. The Hall–Kier alpha value is -1.75. The van der Waals surface area contributed by atoms with Crippen molar-refractivity contribution in [2.75, 3.05) is 0 Å². The molecule has 0 radical (unpaired) electrons. The molecule has 0 spiro atoms. The molecule has 0 unspecified atom stereocenters. The number of aliphatic carboxylic acids is 1. The van der Waals surface area contributed by atoms with Gasteiger partial charge < -0.3 is 35.0 Å². The summed E-state index contributed by atoms with van der Waals surface area (Å²) in [6.45, 7) is 6.13. The lowest BCUT2D eigenvalue weighted by atomic mass is 10.0. The van der Waals surface area contributed by atoms with E-state index in [9.17, 15) is 34.8 Å². The normalized spacial score (nSPS) is 16.0. The zero-order chi connectivity index (χ0) is 30.3. The molecule has 10 nitrogen and oxygen atoms in total. The second-order valence-corrected chi connectivity index (χ2v) is 11.0. The third-order valence-electron chi connectivity index (χ3n) is 6.83. The van der Waals surface area contributed by atoms with Crippen LogP contribution in [-0.4, -0.2) is 80.1 Å². The molecular formula is C30H56O10. The molecule has 0 heterocycles. The van der Waals surface area contributed by atoms with Gasteiger partial charge in [-0.15, -0.1) is 0 Å². The summed E-state index contributed by atoms with van der Waals surface area (Å²) in [6.07, 6.45) is 3.52. The van der Waals surface area contributed by atoms with Crippen molar-refractivity contribution in [2.45, 2.75) is 173 Å². The summed E-state index contributed by atoms with van der Waals surface area (Å²) in [7, 11) is 0. The topological polar surface area (TPSA) is 171 Å². The second kappa shape index (κ2) is 23.9. The van der Waals surface area contributed by atoms with Crippen molar-refractivity contribution < 1.29 is 49.4 Å². The number of carbonyl (C=O) groups excluding carboxylic acids is 2. The third kappa shape index (κ3) is 22.0. The van der Waals surface area contributed by atoms with E-state index in [1.54, 1.807) is 0 Å². The summed E-state index contributed by atoms with van der Waals surface area (Å²) in [4.78, 5) is 35.9. The molecule has 40 heavy (non-hydrogen) atoms. The number of esters is 2. The standard InChI is InChI=1S/C30H56O10/c1-4-7-10-13-22(31)16-23(32)20-29(37)40-27(15-12-9-6-3)18-25(34)21-30(38)39-26(14-11-8-5-2)17-24(33)19-28(35)36/h22-27,31-34H,4-21H2,1-3H3,(H,35,36)/t22-,23-,24-,25-,26-,27-/m0/s1. The summed E-state index contributed by atoms with van der Waals surface area (Å²) in [6, 6.07) is 0. The number of aliphatic hydroxyl groups excluding tert-OH is 4. The highest BCUT2D eigenvalue weighted by Crippen LogP contribution is 2.19. The quantitative estimate of drug-likeness (QED) is 0.0733. The molecule has 236 valence electrons. The fourth-order valence-electron chi connectivity index (χ4n) is 4.67. The van der Waals surface area contributed by atoms with Crippen LogP contribution in [0.2, 0.25) is 0 Å². The zero-order valence-corrected chi connectivity index (χ0v) is 25.0. The molecule has 10 heteroatoms. The Morgan fingerprint density at radius 3 is 1.30 bits per heavy atom. The Balaban J connectivity index is 4.91. The first-order valence-corrected chi connectivity index (χ1v) is 15.3. The van der Waals surface area contributed by atoms with Gasteiger partial charge in [0.25, 0.3) is 0 Å². The maximum absolute atomic E-state index is 12.6. The number of rotatable bonds is 26. The SMILES string of the molecule is CCCCC[C@H](O)C[C@H](O)CC(=O)O[C@@H](CCCCC)C[C@H](O)CC(=O)O[C@@H](CCCCC)C[C@H](O)CC(=O)O. The molecule has 0 bridgehead atoms. The Kier molecular flexibility index (Phi) is 22.9. The van der Waals surface area contributed by atoms with Crippen LogP contribution in [0.3, 0.4) is 0 Å². The van der Waals surface area contributed by atoms with E-state index in [0.717, 1.165) is 57.8 Å². The smallest absolute Gasteiger partial charge is 0.308 e.